The van der Waals surface area contributed by atoms with Gasteiger partial charge in [0.05, 0.1) is 22.4 Å². The van der Waals surface area contributed by atoms with Gasteiger partial charge in [0.1, 0.15) is 5.82 Å². The molecule has 314 valence electrons. The molecule has 0 aliphatic carbocycles. The Morgan fingerprint density at radius 1 is 0.299 bits per heavy atom. The van der Waals surface area contributed by atoms with Gasteiger partial charge in [-0.05, 0) is 105 Å². The SMILES string of the molecule is c1ccc(N(c2ccc3c(c2)c2cc(N(c4ccccc4)c4cccc5ccccc45)ccc2c2c3nc(-c3cccc4ccccc34)n2-c2ccccc2)c2cccc3ccccc23)cc1. The molecule has 67 heavy (non-hydrogen) atoms. The quantitative estimate of drug-likeness (QED) is 0.142. The molecule has 4 nitrogen and oxygen atoms in total. The average Bonchev–Trinajstić information content (AvgIpc) is 3.81. The lowest BCUT2D eigenvalue weighted by molar-refractivity contribution is 1.11. The lowest BCUT2D eigenvalue weighted by atomic mass is 9.97. The Morgan fingerprint density at radius 3 is 1.30 bits per heavy atom. The minimum atomic E-state index is 0.906. The van der Waals surface area contributed by atoms with Crippen molar-refractivity contribution in [2.24, 2.45) is 0 Å². The molecule has 0 saturated carbocycles. The molecule has 0 N–H and O–H groups in total. The molecule has 4 heteroatoms. The minimum absolute atomic E-state index is 0.906. The summed E-state index contributed by atoms with van der Waals surface area (Å²) in [6, 6.07) is 91.9. The number of benzene rings is 12. The highest BCUT2D eigenvalue weighted by Gasteiger charge is 2.25. The van der Waals surface area contributed by atoms with Gasteiger partial charge in [-0.15, -0.1) is 0 Å². The number of aromatic nitrogens is 2. The molecule has 0 spiro atoms. The molecule has 0 saturated heterocycles. The molecule has 0 radical (unpaired) electrons. The highest BCUT2D eigenvalue weighted by molar-refractivity contribution is 6.26. The summed E-state index contributed by atoms with van der Waals surface area (Å²) in [6.45, 7) is 0. The lowest BCUT2D eigenvalue weighted by Gasteiger charge is -2.28. The maximum Gasteiger partial charge on any atom is 0.146 e. The van der Waals surface area contributed by atoms with Crippen molar-refractivity contribution in [1.29, 1.82) is 0 Å². The van der Waals surface area contributed by atoms with Crippen molar-refractivity contribution < 1.29 is 0 Å². The zero-order chi connectivity index (χ0) is 44.3. The molecule has 0 aliphatic heterocycles. The number of hydrogen-bond acceptors (Lipinski definition) is 3. The van der Waals surface area contributed by atoms with Gasteiger partial charge < -0.3 is 9.80 Å². The molecule has 0 atom stereocenters. The fourth-order valence-corrected chi connectivity index (χ4v) is 10.3. The van der Waals surface area contributed by atoms with Crippen LogP contribution in [0.3, 0.4) is 0 Å². The number of para-hydroxylation sites is 3. The number of anilines is 6. The third-order valence-electron chi connectivity index (χ3n) is 13.3. The summed E-state index contributed by atoms with van der Waals surface area (Å²) in [5.41, 5.74) is 10.7. The number of hydrogen-bond donors (Lipinski definition) is 0. The molecule has 0 amide bonds. The van der Waals surface area contributed by atoms with Crippen molar-refractivity contribution in [3.8, 4) is 17.1 Å². The Balaban J connectivity index is 1.16. The van der Waals surface area contributed by atoms with Crippen LogP contribution in [0.25, 0.3) is 82.0 Å². The van der Waals surface area contributed by atoms with Crippen LogP contribution in [0.15, 0.2) is 255 Å². The van der Waals surface area contributed by atoms with Crippen molar-refractivity contribution in [3.63, 3.8) is 0 Å². The third kappa shape index (κ3) is 6.41. The molecule has 13 rings (SSSR count). The molecule has 0 unspecified atom stereocenters. The van der Waals surface area contributed by atoms with E-state index in [1.165, 1.54) is 26.9 Å². The van der Waals surface area contributed by atoms with E-state index in [4.69, 9.17) is 4.98 Å². The molecule has 1 heterocycles. The van der Waals surface area contributed by atoms with Crippen molar-refractivity contribution >= 4 is 99.0 Å². The van der Waals surface area contributed by atoms with Crippen LogP contribution in [-0.4, -0.2) is 9.55 Å². The van der Waals surface area contributed by atoms with Crippen molar-refractivity contribution in [3.05, 3.63) is 255 Å². The first-order chi connectivity index (χ1) is 33.3. The van der Waals surface area contributed by atoms with Crippen LogP contribution in [0.1, 0.15) is 0 Å². The molecular formula is C63H42N4. The zero-order valence-corrected chi connectivity index (χ0v) is 36.5. The van der Waals surface area contributed by atoms with Crippen LogP contribution >= 0.6 is 0 Å². The highest BCUT2D eigenvalue weighted by Crippen LogP contribution is 2.47. The predicted octanol–water partition coefficient (Wildman–Crippen LogP) is 17.4. The predicted molar refractivity (Wildman–Crippen MR) is 283 cm³/mol. The summed E-state index contributed by atoms with van der Waals surface area (Å²) in [6.07, 6.45) is 0. The molecule has 13 aromatic rings. The van der Waals surface area contributed by atoms with E-state index >= 15 is 0 Å². The van der Waals surface area contributed by atoms with Crippen LogP contribution in [0.5, 0.6) is 0 Å². The van der Waals surface area contributed by atoms with Gasteiger partial charge in [0.15, 0.2) is 0 Å². The Morgan fingerprint density at radius 2 is 0.731 bits per heavy atom. The summed E-state index contributed by atoms with van der Waals surface area (Å²) in [7, 11) is 0. The second kappa shape index (κ2) is 15.9. The Labute approximate surface area is 388 Å². The summed E-state index contributed by atoms with van der Waals surface area (Å²) < 4.78 is 2.39. The van der Waals surface area contributed by atoms with Crippen molar-refractivity contribution in [1.82, 2.24) is 9.55 Å². The lowest BCUT2D eigenvalue weighted by Crippen LogP contribution is -2.11. The highest BCUT2D eigenvalue weighted by atomic mass is 15.2. The van der Waals surface area contributed by atoms with E-state index in [-0.39, 0.29) is 0 Å². The first-order valence-electron chi connectivity index (χ1n) is 22.9. The standard InChI is InChI=1S/C63H42N4/c1-4-25-46(26-5-1)65(59-35-17-23-44-20-11-14-32-52(44)59)49-37-39-54-57(41-49)58-42-50(66(47-27-6-2-7-28-47)60-36-18-24-45-21-12-15-33-53(45)60)38-40-55(58)62-61(54)64-63(67(62)48-29-8-3-9-30-48)56-34-16-22-43-19-10-13-31-51(43)56/h1-42H. The topological polar surface area (TPSA) is 24.3 Å². The zero-order valence-electron chi connectivity index (χ0n) is 36.5. The number of nitrogens with zero attached hydrogens (tertiary/aromatic N) is 4. The van der Waals surface area contributed by atoms with Gasteiger partial charge >= 0.3 is 0 Å². The summed E-state index contributed by atoms with van der Waals surface area (Å²) in [4.78, 5) is 10.6. The third-order valence-corrected chi connectivity index (χ3v) is 13.3. The van der Waals surface area contributed by atoms with Gasteiger partial charge in [-0.2, -0.15) is 0 Å². The Kier molecular flexibility index (Phi) is 9.14. The van der Waals surface area contributed by atoms with E-state index in [2.05, 4.69) is 269 Å². The number of fused-ring (bicyclic) bond motifs is 9. The Bertz CT molecular complexity index is 3980. The van der Waals surface area contributed by atoms with E-state index in [9.17, 15) is 0 Å². The Hall–Kier alpha value is -8.99. The summed E-state index contributed by atoms with van der Waals surface area (Å²) >= 11 is 0. The second-order valence-corrected chi connectivity index (χ2v) is 17.1. The largest absolute Gasteiger partial charge is 0.310 e. The maximum absolute atomic E-state index is 5.75. The first kappa shape index (κ1) is 38.5. The van der Waals surface area contributed by atoms with Crippen molar-refractivity contribution in [2.75, 3.05) is 9.80 Å². The molecular weight excluding hydrogens is 813 g/mol. The first-order valence-corrected chi connectivity index (χ1v) is 22.9. The normalized spacial score (nSPS) is 11.6. The monoisotopic (exact) mass is 854 g/mol. The van der Waals surface area contributed by atoms with E-state index in [1.807, 2.05) is 0 Å². The summed E-state index contributed by atoms with van der Waals surface area (Å²) in [5.74, 6) is 0.906. The molecule has 0 bridgehead atoms. The molecule has 0 aliphatic rings. The summed E-state index contributed by atoms with van der Waals surface area (Å²) in [5, 5.41) is 11.6. The second-order valence-electron chi connectivity index (χ2n) is 17.1. The van der Waals surface area contributed by atoms with Gasteiger partial charge in [0, 0.05) is 55.5 Å². The van der Waals surface area contributed by atoms with Gasteiger partial charge in [-0.1, -0.05) is 182 Å². The van der Waals surface area contributed by atoms with Crippen LogP contribution in [0.2, 0.25) is 0 Å². The van der Waals surface area contributed by atoms with E-state index in [0.29, 0.717) is 0 Å². The van der Waals surface area contributed by atoms with Crippen LogP contribution < -0.4 is 9.80 Å². The van der Waals surface area contributed by atoms with Gasteiger partial charge in [-0.3, -0.25) is 4.57 Å². The smallest absolute Gasteiger partial charge is 0.146 e. The van der Waals surface area contributed by atoms with Gasteiger partial charge in [0.2, 0.25) is 0 Å². The number of rotatable bonds is 8. The number of imidazole rings is 1. The molecule has 1 aromatic heterocycles. The maximum atomic E-state index is 5.75. The van der Waals surface area contributed by atoms with Crippen LogP contribution in [0.4, 0.5) is 34.1 Å². The van der Waals surface area contributed by atoms with E-state index < -0.39 is 0 Å². The molecule has 12 aromatic carbocycles. The fraction of sp³-hybridized carbons (Fsp3) is 0. The van der Waals surface area contributed by atoms with E-state index in [1.54, 1.807) is 0 Å². The van der Waals surface area contributed by atoms with Crippen LogP contribution in [-0.2, 0) is 0 Å². The minimum Gasteiger partial charge on any atom is -0.310 e. The van der Waals surface area contributed by atoms with Crippen molar-refractivity contribution in [2.45, 2.75) is 0 Å². The molecule has 0 fully saturated rings. The van der Waals surface area contributed by atoms with Gasteiger partial charge in [0.25, 0.3) is 0 Å². The van der Waals surface area contributed by atoms with Crippen LogP contribution in [0, 0.1) is 0 Å². The van der Waals surface area contributed by atoms with E-state index in [0.717, 1.165) is 89.2 Å². The van der Waals surface area contributed by atoms with Gasteiger partial charge in [-0.25, -0.2) is 4.98 Å². The fourth-order valence-electron chi connectivity index (χ4n) is 10.3. The average molecular weight is 855 g/mol.